The summed E-state index contributed by atoms with van der Waals surface area (Å²) in [7, 11) is 0. The summed E-state index contributed by atoms with van der Waals surface area (Å²) in [6.45, 7) is 2.09. The van der Waals surface area contributed by atoms with E-state index in [0.717, 1.165) is 17.5 Å². The molecule has 0 heterocycles. The number of alkyl halides is 1. The van der Waals surface area contributed by atoms with E-state index in [0.29, 0.717) is 11.8 Å². The highest BCUT2D eigenvalue weighted by atomic mass is 79.9. The van der Waals surface area contributed by atoms with Crippen molar-refractivity contribution in [2.75, 3.05) is 5.33 Å². The third-order valence-electron chi connectivity index (χ3n) is 2.37. The second kappa shape index (κ2) is 6.03. The van der Waals surface area contributed by atoms with Gasteiger partial charge in [0.1, 0.15) is 5.78 Å². The van der Waals surface area contributed by atoms with E-state index in [1.807, 2.05) is 18.2 Å². The largest absolute Gasteiger partial charge is 0.392 e. The molecule has 0 saturated carbocycles. The number of carbonyl (C=O) groups is 1. The fourth-order valence-corrected chi connectivity index (χ4v) is 1.75. The smallest absolute Gasteiger partial charge is 0.147 e. The summed E-state index contributed by atoms with van der Waals surface area (Å²) in [5.74, 6) is 0.166. The minimum Gasteiger partial charge on any atom is -0.392 e. The Labute approximate surface area is 98.4 Å². The van der Waals surface area contributed by atoms with Gasteiger partial charge in [0.05, 0.1) is 11.9 Å². The fraction of sp³-hybridized carbons (Fsp3) is 0.417. The second-order valence-corrected chi connectivity index (χ2v) is 4.02. The predicted molar refractivity (Wildman–Crippen MR) is 64.2 cm³/mol. The van der Waals surface area contributed by atoms with Gasteiger partial charge in [-0.1, -0.05) is 41.1 Å². The van der Waals surface area contributed by atoms with Crippen LogP contribution in [0.5, 0.6) is 0 Å². The van der Waals surface area contributed by atoms with Crippen LogP contribution in [0.2, 0.25) is 0 Å². The maximum Gasteiger partial charge on any atom is 0.147 e. The number of rotatable bonds is 5. The maximum atomic E-state index is 11.3. The Kier molecular flexibility index (Phi) is 4.99. The molecule has 0 amide bonds. The Morgan fingerprint density at radius 3 is 2.67 bits per heavy atom. The number of carbonyl (C=O) groups excluding carboxylic acids is 1. The van der Waals surface area contributed by atoms with Gasteiger partial charge in [0, 0.05) is 6.42 Å². The number of benzene rings is 1. The minimum atomic E-state index is 0.0273. The van der Waals surface area contributed by atoms with Crippen LogP contribution in [0.25, 0.3) is 0 Å². The van der Waals surface area contributed by atoms with Gasteiger partial charge >= 0.3 is 0 Å². The van der Waals surface area contributed by atoms with Gasteiger partial charge in [0.2, 0.25) is 0 Å². The highest BCUT2D eigenvalue weighted by Crippen LogP contribution is 2.14. The molecule has 3 heteroatoms. The van der Waals surface area contributed by atoms with E-state index in [1.165, 1.54) is 5.56 Å². The van der Waals surface area contributed by atoms with Gasteiger partial charge in [-0.3, -0.25) is 4.79 Å². The molecule has 0 aromatic heterocycles. The molecular formula is C12H15BrO2. The van der Waals surface area contributed by atoms with E-state index < -0.39 is 0 Å². The molecule has 1 rings (SSSR count). The number of hydrogen-bond donors (Lipinski definition) is 1. The molecule has 0 fully saturated rings. The summed E-state index contributed by atoms with van der Waals surface area (Å²) in [6.07, 6.45) is 1.36. The van der Waals surface area contributed by atoms with Crippen molar-refractivity contribution in [2.45, 2.75) is 26.4 Å². The lowest BCUT2D eigenvalue weighted by atomic mass is 9.98. The molecule has 0 radical (unpaired) electrons. The predicted octanol–water partition coefficient (Wildman–Crippen LogP) is 2.25. The molecule has 0 saturated heterocycles. The van der Waals surface area contributed by atoms with Crippen molar-refractivity contribution in [3.63, 3.8) is 0 Å². The molecule has 82 valence electrons. The highest BCUT2D eigenvalue weighted by molar-refractivity contribution is 9.09. The zero-order chi connectivity index (χ0) is 11.3. The fourth-order valence-electron chi connectivity index (χ4n) is 1.55. The molecule has 15 heavy (non-hydrogen) atoms. The van der Waals surface area contributed by atoms with Gasteiger partial charge in [0.25, 0.3) is 0 Å². The normalized spacial score (nSPS) is 10.3. The molecule has 1 aromatic carbocycles. The third-order valence-corrected chi connectivity index (χ3v) is 3.00. The van der Waals surface area contributed by atoms with Crippen molar-refractivity contribution in [3.05, 3.63) is 34.9 Å². The lowest BCUT2D eigenvalue weighted by Crippen LogP contribution is -2.06. The first kappa shape index (κ1) is 12.4. The van der Waals surface area contributed by atoms with Gasteiger partial charge in [-0.15, -0.1) is 0 Å². The van der Waals surface area contributed by atoms with E-state index in [9.17, 15) is 4.79 Å². The minimum absolute atomic E-state index is 0.0273. The van der Waals surface area contributed by atoms with E-state index in [4.69, 9.17) is 5.11 Å². The first-order valence-corrected chi connectivity index (χ1v) is 6.12. The van der Waals surface area contributed by atoms with Gasteiger partial charge < -0.3 is 5.11 Å². The maximum absolute atomic E-state index is 11.3. The molecule has 0 unspecified atom stereocenters. The summed E-state index contributed by atoms with van der Waals surface area (Å²) in [5, 5.41) is 9.41. The van der Waals surface area contributed by atoms with Crippen molar-refractivity contribution in [1.29, 1.82) is 0 Å². The number of aryl methyl sites for hydroxylation is 1. The van der Waals surface area contributed by atoms with Crippen LogP contribution >= 0.6 is 15.9 Å². The zero-order valence-electron chi connectivity index (χ0n) is 8.79. The van der Waals surface area contributed by atoms with E-state index in [2.05, 4.69) is 22.9 Å². The quantitative estimate of drug-likeness (QED) is 0.834. The molecule has 1 N–H and O–H groups in total. The first-order chi connectivity index (χ1) is 7.21. The summed E-state index contributed by atoms with van der Waals surface area (Å²) >= 11 is 3.16. The first-order valence-electron chi connectivity index (χ1n) is 5.00. The second-order valence-electron chi connectivity index (χ2n) is 3.46. The van der Waals surface area contributed by atoms with Gasteiger partial charge in [-0.2, -0.15) is 0 Å². The third kappa shape index (κ3) is 3.43. The summed E-state index contributed by atoms with van der Waals surface area (Å²) < 4.78 is 0. The van der Waals surface area contributed by atoms with Gasteiger partial charge in [-0.25, -0.2) is 0 Å². The lowest BCUT2D eigenvalue weighted by Gasteiger charge is -2.08. The van der Waals surface area contributed by atoms with Crippen LogP contribution in [-0.4, -0.2) is 16.2 Å². The molecule has 0 atom stereocenters. The Hall–Kier alpha value is -0.670. The Morgan fingerprint density at radius 2 is 2.13 bits per heavy atom. The average molecular weight is 271 g/mol. The monoisotopic (exact) mass is 270 g/mol. The zero-order valence-corrected chi connectivity index (χ0v) is 10.4. The van der Waals surface area contributed by atoms with Crippen molar-refractivity contribution in [1.82, 2.24) is 0 Å². The standard InChI is InChI=1S/C12H15BrO2/c1-2-10-4-3-9(8-14)5-11(10)6-12(15)7-13/h3-5,14H,2,6-8H2,1H3. The van der Waals surface area contributed by atoms with Crippen LogP contribution in [0.3, 0.4) is 0 Å². The van der Waals surface area contributed by atoms with Crippen molar-refractivity contribution in [2.24, 2.45) is 0 Å². The number of hydrogen-bond acceptors (Lipinski definition) is 2. The Morgan fingerprint density at radius 1 is 1.40 bits per heavy atom. The number of halogens is 1. The SMILES string of the molecule is CCc1ccc(CO)cc1CC(=O)CBr. The van der Waals surface area contributed by atoms with Gasteiger partial charge in [-0.05, 0) is 23.1 Å². The number of aliphatic hydroxyl groups is 1. The molecule has 0 aliphatic rings. The van der Waals surface area contributed by atoms with Crippen LogP contribution in [0.15, 0.2) is 18.2 Å². The number of ketones is 1. The van der Waals surface area contributed by atoms with Crippen molar-refractivity contribution >= 4 is 21.7 Å². The van der Waals surface area contributed by atoms with E-state index >= 15 is 0 Å². The van der Waals surface area contributed by atoms with Crippen molar-refractivity contribution in [3.8, 4) is 0 Å². The molecule has 1 aromatic rings. The molecule has 2 nitrogen and oxygen atoms in total. The van der Waals surface area contributed by atoms with Crippen LogP contribution < -0.4 is 0 Å². The summed E-state index contributed by atoms with van der Waals surface area (Å²) in [4.78, 5) is 11.3. The number of Topliss-reactive ketones (excluding diaryl/α,β-unsaturated/α-hetero) is 1. The summed E-state index contributed by atoms with van der Waals surface area (Å²) in [5.41, 5.74) is 3.08. The van der Waals surface area contributed by atoms with Crippen LogP contribution in [0.4, 0.5) is 0 Å². The molecule has 0 aliphatic heterocycles. The molecule has 0 spiro atoms. The average Bonchev–Trinajstić information content (AvgIpc) is 2.28. The Balaban J connectivity index is 2.95. The molecule has 0 bridgehead atoms. The topological polar surface area (TPSA) is 37.3 Å². The number of aliphatic hydroxyl groups excluding tert-OH is 1. The Bertz CT molecular complexity index is 347. The van der Waals surface area contributed by atoms with Crippen molar-refractivity contribution < 1.29 is 9.90 Å². The molecular weight excluding hydrogens is 256 g/mol. The van der Waals surface area contributed by atoms with E-state index in [1.54, 1.807) is 0 Å². The van der Waals surface area contributed by atoms with Crippen LogP contribution in [0.1, 0.15) is 23.6 Å². The lowest BCUT2D eigenvalue weighted by molar-refractivity contribution is -0.115. The van der Waals surface area contributed by atoms with Crippen LogP contribution in [-0.2, 0) is 24.2 Å². The van der Waals surface area contributed by atoms with Crippen LogP contribution in [0, 0.1) is 0 Å². The summed E-state index contributed by atoms with van der Waals surface area (Å²) in [6, 6.07) is 5.81. The van der Waals surface area contributed by atoms with Gasteiger partial charge in [0.15, 0.2) is 0 Å². The van der Waals surface area contributed by atoms with E-state index in [-0.39, 0.29) is 12.4 Å². The highest BCUT2D eigenvalue weighted by Gasteiger charge is 2.07. The molecule has 0 aliphatic carbocycles.